The second-order valence-corrected chi connectivity index (χ2v) is 7.38. The number of hydrogen-bond donors (Lipinski definition) is 0. The van der Waals surface area contributed by atoms with E-state index in [-0.39, 0.29) is 46.3 Å². The summed E-state index contributed by atoms with van der Waals surface area (Å²) in [6.45, 7) is 5.72. The Labute approximate surface area is 140 Å². The van der Waals surface area contributed by atoms with Gasteiger partial charge in [0.2, 0.25) is 0 Å². The molecule has 0 radical (unpaired) electrons. The first-order chi connectivity index (χ1) is 10.2. The molecule has 0 aromatic rings. The third kappa shape index (κ3) is 3.09. The van der Waals surface area contributed by atoms with Crippen LogP contribution < -0.4 is 0 Å². The zero-order valence-corrected chi connectivity index (χ0v) is 14.3. The molecule has 0 aromatic carbocycles. The molecular weight excluding hydrogens is 323 g/mol. The van der Waals surface area contributed by atoms with Crippen LogP contribution in [-0.4, -0.2) is 17.9 Å². The Bertz CT molecular complexity index is 618. The van der Waals surface area contributed by atoms with Crippen LogP contribution in [0.15, 0.2) is 21.7 Å². The van der Waals surface area contributed by atoms with Gasteiger partial charge in [-0.25, -0.2) is 0 Å². The third-order valence-corrected chi connectivity index (χ3v) is 4.93. The molecule has 118 valence electrons. The van der Waals surface area contributed by atoms with Crippen LogP contribution >= 0.6 is 23.2 Å². The van der Waals surface area contributed by atoms with Gasteiger partial charge in [0.1, 0.15) is 10.6 Å². The van der Waals surface area contributed by atoms with Gasteiger partial charge in [0.05, 0.1) is 12.3 Å². The van der Waals surface area contributed by atoms with Crippen molar-refractivity contribution in [2.24, 2.45) is 17.3 Å². The molecule has 0 unspecified atom stereocenters. The van der Waals surface area contributed by atoms with E-state index in [1.165, 1.54) is 0 Å². The number of ether oxygens (including phenoxy) is 1. The molecule has 0 heterocycles. The maximum Gasteiger partial charge on any atom is 0.310 e. The number of halogens is 2. The fourth-order valence-electron chi connectivity index (χ4n) is 3.12. The van der Waals surface area contributed by atoms with E-state index in [0.717, 1.165) is 5.57 Å². The first-order valence-corrected chi connectivity index (χ1v) is 7.85. The Morgan fingerprint density at radius 1 is 1.50 bits per heavy atom. The SMILES string of the molecule is C#CCC1=C(C)[C@@H](OC(=O)[C@H]2[C@@H](C=C(Cl)Cl)C2(C)C)CC1=O. The first-order valence-electron chi connectivity index (χ1n) is 7.09. The van der Waals surface area contributed by atoms with Crippen LogP contribution in [0.2, 0.25) is 0 Å². The highest BCUT2D eigenvalue weighted by Crippen LogP contribution is 2.60. The average molecular weight is 341 g/mol. The Morgan fingerprint density at radius 2 is 2.14 bits per heavy atom. The van der Waals surface area contributed by atoms with Crippen molar-refractivity contribution in [1.29, 1.82) is 0 Å². The van der Waals surface area contributed by atoms with Crippen LogP contribution in [0.4, 0.5) is 0 Å². The summed E-state index contributed by atoms with van der Waals surface area (Å²) in [5, 5.41) is 0. The summed E-state index contributed by atoms with van der Waals surface area (Å²) in [6.07, 6.45) is 6.88. The fourth-order valence-corrected chi connectivity index (χ4v) is 3.39. The number of carbonyl (C=O) groups is 2. The van der Waals surface area contributed by atoms with Crippen molar-refractivity contribution in [2.45, 2.75) is 39.7 Å². The van der Waals surface area contributed by atoms with Crippen LogP contribution in [0.3, 0.4) is 0 Å². The molecule has 1 fully saturated rings. The van der Waals surface area contributed by atoms with Gasteiger partial charge in [-0.15, -0.1) is 12.3 Å². The van der Waals surface area contributed by atoms with E-state index in [9.17, 15) is 9.59 Å². The lowest BCUT2D eigenvalue weighted by molar-refractivity contribution is -0.150. The predicted molar refractivity (Wildman–Crippen MR) is 86.2 cm³/mol. The minimum Gasteiger partial charge on any atom is -0.457 e. The van der Waals surface area contributed by atoms with E-state index in [4.69, 9.17) is 34.4 Å². The summed E-state index contributed by atoms with van der Waals surface area (Å²) in [4.78, 5) is 24.3. The third-order valence-electron chi connectivity index (χ3n) is 4.67. The van der Waals surface area contributed by atoms with E-state index in [2.05, 4.69) is 5.92 Å². The van der Waals surface area contributed by atoms with Crippen molar-refractivity contribution in [3.05, 3.63) is 21.7 Å². The van der Waals surface area contributed by atoms with Gasteiger partial charge in [-0.05, 0) is 29.9 Å². The maximum absolute atomic E-state index is 12.4. The lowest BCUT2D eigenvalue weighted by Crippen LogP contribution is -2.20. The zero-order chi connectivity index (χ0) is 16.7. The molecule has 0 aliphatic heterocycles. The highest BCUT2D eigenvalue weighted by Gasteiger charge is 2.62. The molecular formula is C17H18Cl2O3. The Morgan fingerprint density at radius 3 is 2.68 bits per heavy atom. The highest BCUT2D eigenvalue weighted by atomic mass is 35.5. The number of carbonyl (C=O) groups excluding carboxylic acids is 2. The number of hydrogen-bond acceptors (Lipinski definition) is 3. The summed E-state index contributed by atoms with van der Waals surface area (Å²) in [5.74, 6) is 1.77. The molecule has 0 saturated heterocycles. The normalized spacial score (nSPS) is 29.1. The van der Waals surface area contributed by atoms with Crippen molar-refractivity contribution in [1.82, 2.24) is 0 Å². The number of allylic oxidation sites excluding steroid dienone is 2. The predicted octanol–water partition coefficient (Wildman–Crippen LogP) is 3.80. The van der Waals surface area contributed by atoms with Crippen LogP contribution in [0.5, 0.6) is 0 Å². The Kier molecular flexibility index (Phi) is 4.75. The van der Waals surface area contributed by atoms with Crippen molar-refractivity contribution < 1.29 is 14.3 Å². The topological polar surface area (TPSA) is 43.4 Å². The van der Waals surface area contributed by atoms with Gasteiger partial charge in [-0.3, -0.25) is 9.59 Å². The molecule has 5 heteroatoms. The van der Waals surface area contributed by atoms with Crippen LogP contribution in [0, 0.1) is 29.6 Å². The largest absolute Gasteiger partial charge is 0.457 e. The van der Waals surface area contributed by atoms with Crippen LogP contribution in [-0.2, 0) is 14.3 Å². The van der Waals surface area contributed by atoms with E-state index < -0.39 is 6.10 Å². The molecule has 22 heavy (non-hydrogen) atoms. The highest BCUT2D eigenvalue weighted by molar-refractivity contribution is 6.55. The van der Waals surface area contributed by atoms with E-state index in [1.807, 2.05) is 13.8 Å². The molecule has 0 amide bonds. The number of esters is 1. The standard InChI is InChI=1S/C17H18Cl2O3/c1-5-6-10-9(2)13(8-12(10)20)22-16(21)15-11(7-14(18)19)17(15,3)4/h1,7,11,13,15H,6,8H2,2-4H3/t11-,13+,15-/m1/s1. The summed E-state index contributed by atoms with van der Waals surface area (Å²) < 4.78 is 5.69. The van der Waals surface area contributed by atoms with E-state index >= 15 is 0 Å². The monoisotopic (exact) mass is 340 g/mol. The molecule has 0 bridgehead atoms. The van der Waals surface area contributed by atoms with Gasteiger partial charge in [-0.1, -0.05) is 37.0 Å². The molecule has 3 atom stereocenters. The van der Waals surface area contributed by atoms with E-state index in [1.54, 1.807) is 13.0 Å². The maximum atomic E-state index is 12.4. The smallest absolute Gasteiger partial charge is 0.310 e. The first kappa shape index (κ1) is 17.1. The molecule has 2 aliphatic carbocycles. The quantitative estimate of drug-likeness (QED) is 0.577. The minimum absolute atomic E-state index is 0.0384. The van der Waals surface area contributed by atoms with Crippen LogP contribution in [0.25, 0.3) is 0 Å². The zero-order valence-electron chi connectivity index (χ0n) is 12.8. The molecule has 2 rings (SSSR count). The van der Waals surface area contributed by atoms with Crippen molar-refractivity contribution in [3.63, 3.8) is 0 Å². The molecule has 1 saturated carbocycles. The lowest BCUT2D eigenvalue weighted by atomic mass is 10.1. The summed E-state index contributed by atoms with van der Waals surface area (Å²) in [7, 11) is 0. The summed E-state index contributed by atoms with van der Waals surface area (Å²) in [5.41, 5.74) is 1.11. The molecule has 0 spiro atoms. The molecule has 3 nitrogen and oxygen atoms in total. The van der Waals surface area contributed by atoms with Crippen LogP contribution in [0.1, 0.15) is 33.6 Å². The number of Topliss-reactive ketones (excluding diaryl/α,β-unsaturated/α-hetero) is 1. The average Bonchev–Trinajstić information content (AvgIpc) is 2.83. The molecule has 0 N–H and O–H groups in total. The Hall–Kier alpha value is -1.24. The van der Waals surface area contributed by atoms with Gasteiger partial charge in [0.25, 0.3) is 0 Å². The second-order valence-electron chi connectivity index (χ2n) is 6.38. The van der Waals surface area contributed by atoms with Gasteiger partial charge >= 0.3 is 5.97 Å². The van der Waals surface area contributed by atoms with Crippen molar-refractivity contribution >= 4 is 35.0 Å². The minimum atomic E-state index is -0.504. The molecule has 2 aliphatic rings. The van der Waals surface area contributed by atoms with Gasteiger partial charge in [-0.2, -0.15) is 0 Å². The summed E-state index contributed by atoms with van der Waals surface area (Å²) >= 11 is 11.4. The lowest BCUT2D eigenvalue weighted by Gasteiger charge is -2.13. The Balaban J connectivity index is 2.07. The summed E-state index contributed by atoms with van der Waals surface area (Å²) in [6, 6.07) is 0. The van der Waals surface area contributed by atoms with Crippen molar-refractivity contribution in [2.75, 3.05) is 0 Å². The number of terminal acetylenes is 1. The number of rotatable bonds is 4. The van der Waals surface area contributed by atoms with Gasteiger partial charge < -0.3 is 4.74 Å². The van der Waals surface area contributed by atoms with E-state index in [0.29, 0.717) is 5.57 Å². The number of ketones is 1. The van der Waals surface area contributed by atoms with Crippen molar-refractivity contribution in [3.8, 4) is 12.3 Å². The van der Waals surface area contributed by atoms with Gasteiger partial charge in [0.15, 0.2) is 5.78 Å². The fraction of sp³-hybridized carbons (Fsp3) is 0.529. The van der Waals surface area contributed by atoms with Gasteiger partial charge in [0, 0.05) is 12.0 Å². The molecule has 0 aromatic heterocycles. The second kappa shape index (κ2) is 6.10.